The Hall–Kier alpha value is -1.36. The molecule has 0 aromatic carbocycles. The topological polar surface area (TPSA) is 66.6 Å². The molecule has 1 aromatic rings. The molecule has 94 valence electrons. The van der Waals surface area contributed by atoms with Crippen molar-refractivity contribution in [1.82, 2.24) is 9.88 Å². The number of hydrogen-bond donors (Lipinski definition) is 1. The maximum atomic E-state index is 12.2. The summed E-state index contributed by atoms with van der Waals surface area (Å²) in [6.45, 7) is 3.43. The van der Waals surface area contributed by atoms with Crippen molar-refractivity contribution in [3.63, 3.8) is 0 Å². The average molecular weight is 238 g/mol. The Labute approximate surface area is 100 Å². The van der Waals surface area contributed by atoms with Crippen molar-refractivity contribution < 1.29 is 14.3 Å². The summed E-state index contributed by atoms with van der Waals surface area (Å²) in [5.74, 6) is 0.665. The lowest BCUT2D eigenvalue weighted by Crippen LogP contribution is -2.40. The number of hydrogen-bond acceptors (Lipinski definition) is 4. The van der Waals surface area contributed by atoms with Gasteiger partial charge in [-0.3, -0.25) is 4.79 Å². The summed E-state index contributed by atoms with van der Waals surface area (Å²) < 4.78 is 5.12. The van der Waals surface area contributed by atoms with Crippen molar-refractivity contribution in [2.24, 2.45) is 5.92 Å². The first-order chi connectivity index (χ1) is 8.22. The van der Waals surface area contributed by atoms with E-state index in [4.69, 9.17) is 9.52 Å². The minimum absolute atomic E-state index is 0.0809. The number of carbonyl (C=O) groups is 1. The summed E-state index contributed by atoms with van der Waals surface area (Å²) >= 11 is 0. The highest BCUT2D eigenvalue weighted by molar-refractivity contribution is 5.92. The van der Waals surface area contributed by atoms with Crippen LogP contribution in [0, 0.1) is 12.8 Å². The minimum atomic E-state index is -0.0809. The zero-order valence-electron chi connectivity index (χ0n) is 10.1. The van der Waals surface area contributed by atoms with Gasteiger partial charge < -0.3 is 14.4 Å². The SMILES string of the molecule is Cc1ncoc1C(=O)N1CCCC(CCO)C1. The predicted molar refractivity (Wildman–Crippen MR) is 61.6 cm³/mol. The molecule has 5 heteroatoms. The maximum absolute atomic E-state index is 12.2. The summed E-state index contributed by atoms with van der Waals surface area (Å²) in [4.78, 5) is 17.9. The second-order valence-corrected chi connectivity index (χ2v) is 4.54. The second-order valence-electron chi connectivity index (χ2n) is 4.54. The number of carbonyl (C=O) groups excluding carboxylic acids is 1. The number of oxazole rings is 1. The molecule has 1 fully saturated rings. The fraction of sp³-hybridized carbons (Fsp3) is 0.667. The van der Waals surface area contributed by atoms with Crippen LogP contribution in [0.5, 0.6) is 0 Å². The molecule has 0 radical (unpaired) electrons. The van der Waals surface area contributed by atoms with Crippen molar-refractivity contribution in [2.75, 3.05) is 19.7 Å². The highest BCUT2D eigenvalue weighted by atomic mass is 16.3. The zero-order valence-corrected chi connectivity index (χ0v) is 10.1. The molecule has 0 spiro atoms. The Kier molecular flexibility index (Phi) is 3.78. The molecule has 5 nitrogen and oxygen atoms in total. The van der Waals surface area contributed by atoms with E-state index in [0.717, 1.165) is 25.8 Å². The van der Waals surface area contributed by atoms with Gasteiger partial charge in [-0.15, -0.1) is 0 Å². The Balaban J connectivity index is 2.02. The minimum Gasteiger partial charge on any atom is -0.438 e. The normalized spacial score (nSPS) is 20.6. The van der Waals surface area contributed by atoms with Crippen molar-refractivity contribution >= 4 is 5.91 Å². The van der Waals surface area contributed by atoms with Gasteiger partial charge in [0.25, 0.3) is 5.91 Å². The number of aliphatic hydroxyl groups is 1. The highest BCUT2D eigenvalue weighted by Crippen LogP contribution is 2.21. The lowest BCUT2D eigenvalue weighted by molar-refractivity contribution is 0.0621. The third-order valence-electron chi connectivity index (χ3n) is 3.28. The van der Waals surface area contributed by atoms with E-state index in [9.17, 15) is 4.79 Å². The molecule has 0 bridgehead atoms. The van der Waals surface area contributed by atoms with Crippen LogP contribution in [-0.2, 0) is 0 Å². The number of rotatable bonds is 3. The predicted octanol–water partition coefficient (Wildman–Crippen LogP) is 1.22. The third kappa shape index (κ3) is 2.66. The lowest BCUT2D eigenvalue weighted by atomic mass is 9.95. The fourth-order valence-corrected chi connectivity index (χ4v) is 2.32. The van der Waals surface area contributed by atoms with Crippen LogP contribution < -0.4 is 0 Å². The second kappa shape index (κ2) is 5.31. The van der Waals surface area contributed by atoms with Crippen LogP contribution in [0.2, 0.25) is 0 Å². The number of nitrogens with zero attached hydrogens (tertiary/aromatic N) is 2. The average Bonchev–Trinajstić information content (AvgIpc) is 2.75. The summed E-state index contributed by atoms with van der Waals surface area (Å²) in [6, 6.07) is 0. The highest BCUT2D eigenvalue weighted by Gasteiger charge is 2.26. The summed E-state index contributed by atoms with van der Waals surface area (Å²) in [6.07, 6.45) is 4.14. The first-order valence-corrected chi connectivity index (χ1v) is 6.02. The Morgan fingerprint density at radius 2 is 2.53 bits per heavy atom. The molecule has 1 amide bonds. The first kappa shape index (κ1) is 12.1. The Morgan fingerprint density at radius 1 is 1.71 bits per heavy atom. The molecule has 1 aromatic heterocycles. The van der Waals surface area contributed by atoms with Crippen molar-refractivity contribution in [3.8, 4) is 0 Å². The molecule has 0 aliphatic carbocycles. The maximum Gasteiger partial charge on any atom is 0.291 e. The number of amides is 1. The Morgan fingerprint density at radius 3 is 3.18 bits per heavy atom. The van der Waals surface area contributed by atoms with E-state index in [-0.39, 0.29) is 12.5 Å². The van der Waals surface area contributed by atoms with Gasteiger partial charge in [-0.1, -0.05) is 0 Å². The molecule has 17 heavy (non-hydrogen) atoms. The van der Waals surface area contributed by atoms with Gasteiger partial charge in [-0.2, -0.15) is 0 Å². The van der Waals surface area contributed by atoms with Crippen LogP contribution in [0.15, 0.2) is 10.8 Å². The molecule has 1 aliphatic rings. The molecule has 0 saturated carbocycles. The van der Waals surface area contributed by atoms with E-state index in [0.29, 0.717) is 23.9 Å². The molecule has 1 atom stereocenters. The van der Waals surface area contributed by atoms with Crippen molar-refractivity contribution in [1.29, 1.82) is 0 Å². The van der Waals surface area contributed by atoms with Gasteiger partial charge in [0.05, 0.1) is 5.69 Å². The van der Waals surface area contributed by atoms with E-state index < -0.39 is 0 Å². The fourth-order valence-electron chi connectivity index (χ4n) is 2.32. The Bertz CT molecular complexity index is 387. The van der Waals surface area contributed by atoms with Crippen LogP contribution in [-0.4, -0.2) is 40.6 Å². The monoisotopic (exact) mass is 238 g/mol. The molecule has 1 unspecified atom stereocenters. The van der Waals surface area contributed by atoms with Crippen LogP contribution in [0.25, 0.3) is 0 Å². The summed E-state index contributed by atoms with van der Waals surface area (Å²) in [7, 11) is 0. The van der Waals surface area contributed by atoms with Crippen molar-refractivity contribution in [3.05, 3.63) is 17.8 Å². The quantitative estimate of drug-likeness (QED) is 0.859. The molecule has 2 heterocycles. The smallest absolute Gasteiger partial charge is 0.291 e. The van der Waals surface area contributed by atoms with Gasteiger partial charge >= 0.3 is 0 Å². The molecular weight excluding hydrogens is 220 g/mol. The number of piperidine rings is 1. The van der Waals surface area contributed by atoms with E-state index in [1.54, 1.807) is 11.8 Å². The molecule has 2 rings (SSSR count). The van der Waals surface area contributed by atoms with Crippen LogP contribution in [0.4, 0.5) is 0 Å². The van der Waals surface area contributed by atoms with Gasteiger partial charge in [0.15, 0.2) is 6.39 Å². The first-order valence-electron chi connectivity index (χ1n) is 6.02. The lowest BCUT2D eigenvalue weighted by Gasteiger charge is -2.32. The molecular formula is C12H18N2O3. The number of aliphatic hydroxyl groups excluding tert-OH is 1. The number of aryl methyl sites for hydroxylation is 1. The van der Waals surface area contributed by atoms with E-state index in [1.165, 1.54) is 6.39 Å². The van der Waals surface area contributed by atoms with Gasteiger partial charge in [-0.25, -0.2) is 4.98 Å². The van der Waals surface area contributed by atoms with Gasteiger partial charge in [0.2, 0.25) is 5.76 Å². The molecule has 1 saturated heterocycles. The number of aromatic nitrogens is 1. The summed E-state index contributed by atoms with van der Waals surface area (Å²) in [5, 5.41) is 8.94. The van der Waals surface area contributed by atoms with Crippen LogP contribution in [0.1, 0.15) is 35.5 Å². The standard InChI is InChI=1S/C12H18N2O3/c1-9-11(17-8-13-9)12(16)14-5-2-3-10(7-14)4-6-15/h8,10,15H,2-7H2,1H3. The van der Waals surface area contributed by atoms with Crippen LogP contribution in [0.3, 0.4) is 0 Å². The molecule has 1 aliphatic heterocycles. The van der Waals surface area contributed by atoms with E-state index in [1.807, 2.05) is 0 Å². The third-order valence-corrected chi connectivity index (χ3v) is 3.28. The van der Waals surface area contributed by atoms with E-state index in [2.05, 4.69) is 4.98 Å². The van der Waals surface area contributed by atoms with Gasteiger partial charge in [0.1, 0.15) is 0 Å². The van der Waals surface area contributed by atoms with E-state index >= 15 is 0 Å². The van der Waals surface area contributed by atoms with Crippen molar-refractivity contribution in [2.45, 2.75) is 26.2 Å². The van der Waals surface area contributed by atoms with Gasteiger partial charge in [-0.05, 0) is 32.1 Å². The zero-order chi connectivity index (χ0) is 12.3. The largest absolute Gasteiger partial charge is 0.438 e. The van der Waals surface area contributed by atoms with Crippen LogP contribution >= 0.6 is 0 Å². The van der Waals surface area contributed by atoms with Gasteiger partial charge in [0, 0.05) is 19.7 Å². The summed E-state index contributed by atoms with van der Waals surface area (Å²) in [5.41, 5.74) is 0.638. The molecule has 1 N–H and O–H groups in total. The number of likely N-dealkylation sites (tertiary alicyclic amines) is 1.